The number of nitrogens with two attached hydrogens (primary N) is 1. The Labute approximate surface area is 160 Å². The first-order valence-corrected chi connectivity index (χ1v) is 8.29. The lowest BCUT2D eigenvalue weighted by Gasteiger charge is -2.31. The lowest BCUT2D eigenvalue weighted by molar-refractivity contribution is -0.386. The molecule has 0 aromatic heterocycles. The van der Waals surface area contributed by atoms with E-state index in [-0.39, 0.29) is 27.8 Å². The molecule has 0 radical (unpaired) electrons. The number of para-hydroxylation sites is 1. The molecule has 0 saturated carbocycles. The number of benzene rings is 2. The van der Waals surface area contributed by atoms with Crippen molar-refractivity contribution < 1.29 is 23.6 Å². The molecule has 0 aliphatic rings. The van der Waals surface area contributed by atoms with E-state index in [2.05, 4.69) is 0 Å². The molecule has 27 heavy (non-hydrogen) atoms. The molecule has 0 aliphatic carbocycles. The van der Waals surface area contributed by atoms with Crippen LogP contribution in [0.15, 0.2) is 36.4 Å². The number of nitrogens with zero attached hydrogens (tertiary/aromatic N) is 1. The molecule has 2 aromatic rings. The van der Waals surface area contributed by atoms with Gasteiger partial charge in [0.1, 0.15) is 17.2 Å². The number of halogens is 2. The van der Waals surface area contributed by atoms with Crippen LogP contribution in [0, 0.1) is 15.9 Å². The Kier molecular flexibility index (Phi) is 5.90. The molecule has 1 atom stereocenters. The van der Waals surface area contributed by atoms with E-state index in [1.807, 2.05) is 0 Å². The van der Waals surface area contributed by atoms with E-state index in [9.17, 15) is 19.3 Å². The largest absolute Gasteiger partial charge is 0.450 e. The highest BCUT2D eigenvalue weighted by Gasteiger charge is 2.36. The molecule has 0 spiro atoms. The Balaban J connectivity index is 2.49. The van der Waals surface area contributed by atoms with Crippen LogP contribution in [0.2, 0.25) is 5.02 Å². The first kappa shape index (κ1) is 20.4. The number of primary amides is 1. The van der Waals surface area contributed by atoms with Crippen LogP contribution in [0.1, 0.15) is 32.3 Å². The highest BCUT2D eigenvalue weighted by molar-refractivity contribution is 6.30. The van der Waals surface area contributed by atoms with Gasteiger partial charge in [-0.3, -0.25) is 10.1 Å². The maximum atomic E-state index is 13.6. The summed E-state index contributed by atoms with van der Waals surface area (Å²) in [5, 5.41) is 11.6. The zero-order valence-corrected chi connectivity index (χ0v) is 15.6. The molecular weight excluding hydrogens is 379 g/mol. The van der Waals surface area contributed by atoms with Crippen LogP contribution in [-0.2, 0) is 4.74 Å². The van der Waals surface area contributed by atoms with Gasteiger partial charge in [0.25, 0.3) is 0 Å². The first-order valence-electron chi connectivity index (χ1n) is 7.91. The minimum Gasteiger partial charge on any atom is -0.450 e. The van der Waals surface area contributed by atoms with Gasteiger partial charge in [-0.25, -0.2) is 9.18 Å². The van der Waals surface area contributed by atoms with E-state index >= 15 is 0 Å². The highest BCUT2D eigenvalue weighted by Crippen LogP contribution is 2.42. The van der Waals surface area contributed by atoms with Crippen LogP contribution in [0.5, 0.6) is 11.5 Å². The van der Waals surface area contributed by atoms with Gasteiger partial charge >= 0.3 is 11.8 Å². The zero-order valence-electron chi connectivity index (χ0n) is 14.9. The number of nitro benzene ring substituents is 1. The summed E-state index contributed by atoms with van der Waals surface area (Å²) in [5.74, 6) is -1.33. The number of carbonyl (C=O) groups excluding carboxylic acids is 1. The van der Waals surface area contributed by atoms with Gasteiger partial charge in [0.15, 0.2) is 0 Å². The second-order valence-electron chi connectivity index (χ2n) is 6.38. The van der Waals surface area contributed by atoms with Gasteiger partial charge < -0.3 is 15.2 Å². The number of hydrogen-bond acceptors (Lipinski definition) is 5. The lowest BCUT2D eigenvalue weighted by Crippen LogP contribution is -2.36. The third kappa shape index (κ3) is 4.65. The SMILES string of the molecule is CC(c1cccc(Oc2ccc(Cl)c(F)c2)c1[N+](=O)[O-])C(C)(C)OC(N)=O. The standard InChI is InChI=1S/C18H18ClFN2O5/c1-10(18(2,3)27-17(21)23)12-5-4-6-15(16(12)22(24)25)26-11-7-8-13(19)14(20)9-11/h4-10H,1-3H3,(H2,21,23). The van der Waals surface area contributed by atoms with Crippen molar-refractivity contribution in [2.24, 2.45) is 5.73 Å². The van der Waals surface area contributed by atoms with E-state index in [0.29, 0.717) is 0 Å². The molecule has 2 N–H and O–H groups in total. The summed E-state index contributed by atoms with van der Waals surface area (Å²) >= 11 is 5.63. The van der Waals surface area contributed by atoms with Crippen molar-refractivity contribution in [3.8, 4) is 11.5 Å². The van der Waals surface area contributed by atoms with Crippen LogP contribution >= 0.6 is 11.6 Å². The van der Waals surface area contributed by atoms with Crippen molar-refractivity contribution in [3.63, 3.8) is 0 Å². The van der Waals surface area contributed by atoms with E-state index in [1.165, 1.54) is 24.3 Å². The van der Waals surface area contributed by atoms with Crippen LogP contribution in [0.4, 0.5) is 14.9 Å². The van der Waals surface area contributed by atoms with Gasteiger partial charge in [-0.05, 0) is 32.0 Å². The number of ether oxygens (including phenoxy) is 2. The van der Waals surface area contributed by atoms with Crippen molar-refractivity contribution in [1.82, 2.24) is 0 Å². The van der Waals surface area contributed by atoms with Crippen LogP contribution in [-0.4, -0.2) is 16.6 Å². The third-order valence-corrected chi connectivity index (χ3v) is 4.51. The normalized spacial score (nSPS) is 12.3. The van der Waals surface area contributed by atoms with Crippen molar-refractivity contribution in [2.45, 2.75) is 32.3 Å². The van der Waals surface area contributed by atoms with E-state index in [4.69, 9.17) is 26.8 Å². The van der Waals surface area contributed by atoms with Crippen LogP contribution < -0.4 is 10.5 Å². The summed E-state index contributed by atoms with van der Waals surface area (Å²) < 4.78 is 24.2. The minimum absolute atomic E-state index is 0.0532. The monoisotopic (exact) mass is 396 g/mol. The summed E-state index contributed by atoms with van der Waals surface area (Å²) in [4.78, 5) is 22.2. The minimum atomic E-state index is -1.11. The molecule has 1 amide bonds. The molecular formula is C18H18ClFN2O5. The maximum absolute atomic E-state index is 13.6. The van der Waals surface area contributed by atoms with Gasteiger partial charge in [0.2, 0.25) is 5.75 Å². The second-order valence-corrected chi connectivity index (χ2v) is 6.78. The quantitative estimate of drug-likeness (QED) is 0.536. The Morgan fingerprint density at radius 3 is 2.56 bits per heavy atom. The van der Waals surface area contributed by atoms with E-state index in [1.54, 1.807) is 26.8 Å². The first-order chi connectivity index (χ1) is 12.5. The predicted octanol–water partition coefficient (Wildman–Crippen LogP) is 5.16. The highest BCUT2D eigenvalue weighted by atomic mass is 35.5. The topological polar surface area (TPSA) is 105 Å². The maximum Gasteiger partial charge on any atom is 0.405 e. The summed E-state index contributed by atoms with van der Waals surface area (Å²) in [7, 11) is 0. The van der Waals surface area contributed by atoms with E-state index in [0.717, 1.165) is 6.07 Å². The van der Waals surface area contributed by atoms with Gasteiger partial charge in [0.05, 0.1) is 9.95 Å². The lowest BCUT2D eigenvalue weighted by atomic mass is 9.85. The summed E-state index contributed by atoms with van der Waals surface area (Å²) in [5.41, 5.74) is 3.93. The summed E-state index contributed by atoms with van der Waals surface area (Å²) in [6.07, 6.45) is -0.987. The number of rotatable bonds is 6. The summed E-state index contributed by atoms with van der Waals surface area (Å²) in [6.45, 7) is 4.85. The molecule has 0 bridgehead atoms. The number of amides is 1. The Bertz CT molecular complexity index is 888. The van der Waals surface area contributed by atoms with Crippen molar-refractivity contribution in [3.05, 3.63) is 62.9 Å². The number of hydrogen-bond donors (Lipinski definition) is 1. The zero-order chi connectivity index (χ0) is 20.4. The molecule has 2 rings (SSSR count). The molecule has 0 aliphatic heterocycles. The molecule has 2 aromatic carbocycles. The van der Waals surface area contributed by atoms with Gasteiger partial charge in [-0.2, -0.15) is 0 Å². The second kappa shape index (κ2) is 7.79. The fraction of sp³-hybridized carbons (Fsp3) is 0.278. The smallest absolute Gasteiger partial charge is 0.405 e. The molecule has 0 heterocycles. The molecule has 9 heteroatoms. The molecule has 7 nitrogen and oxygen atoms in total. The molecule has 144 valence electrons. The van der Waals surface area contributed by atoms with Crippen molar-refractivity contribution >= 4 is 23.4 Å². The fourth-order valence-electron chi connectivity index (χ4n) is 2.56. The summed E-state index contributed by atoms with van der Waals surface area (Å²) in [6, 6.07) is 8.19. The van der Waals surface area contributed by atoms with Gasteiger partial charge in [0, 0.05) is 17.5 Å². The average molecular weight is 397 g/mol. The van der Waals surface area contributed by atoms with Crippen LogP contribution in [0.3, 0.4) is 0 Å². The Hall–Kier alpha value is -2.87. The molecule has 0 fully saturated rings. The van der Waals surface area contributed by atoms with Gasteiger partial charge in [-0.15, -0.1) is 0 Å². The Morgan fingerprint density at radius 1 is 1.33 bits per heavy atom. The third-order valence-electron chi connectivity index (χ3n) is 4.20. The van der Waals surface area contributed by atoms with Crippen LogP contribution in [0.25, 0.3) is 0 Å². The molecule has 0 saturated heterocycles. The molecule has 1 unspecified atom stereocenters. The average Bonchev–Trinajstić information content (AvgIpc) is 2.56. The number of nitro groups is 1. The Morgan fingerprint density at radius 2 is 2.00 bits per heavy atom. The number of carbonyl (C=O) groups is 1. The fourth-order valence-corrected chi connectivity index (χ4v) is 2.67. The van der Waals surface area contributed by atoms with Crippen molar-refractivity contribution in [1.29, 1.82) is 0 Å². The van der Waals surface area contributed by atoms with Crippen molar-refractivity contribution in [2.75, 3.05) is 0 Å². The van der Waals surface area contributed by atoms with Gasteiger partial charge in [-0.1, -0.05) is 30.7 Å². The van der Waals surface area contributed by atoms with E-state index < -0.39 is 28.4 Å². The predicted molar refractivity (Wildman–Crippen MR) is 97.7 cm³/mol.